The highest BCUT2D eigenvalue weighted by Gasteiger charge is 2.44. The normalized spacial score (nSPS) is 26.0. The number of methoxy groups -OCH3 is 1. The van der Waals surface area contributed by atoms with Gasteiger partial charge in [0.1, 0.15) is 0 Å². The summed E-state index contributed by atoms with van der Waals surface area (Å²) in [6.07, 6.45) is 2.85. The van der Waals surface area contributed by atoms with E-state index in [0.29, 0.717) is 6.61 Å². The summed E-state index contributed by atoms with van der Waals surface area (Å²) in [6.45, 7) is 5.13. The first-order valence-corrected chi connectivity index (χ1v) is 9.15. The van der Waals surface area contributed by atoms with E-state index in [1.165, 1.54) is 0 Å². The fourth-order valence-electron chi connectivity index (χ4n) is 4.12. The zero-order chi connectivity index (χ0) is 17.9. The van der Waals surface area contributed by atoms with E-state index in [-0.39, 0.29) is 30.1 Å². The van der Waals surface area contributed by atoms with Crippen LogP contribution in [-0.2, 0) is 15.9 Å². The smallest absolute Gasteiger partial charge is 0.0705 e. The van der Waals surface area contributed by atoms with Crippen LogP contribution in [0.4, 0.5) is 0 Å². The Morgan fingerprint density at radius 1 is 1.20 bits per heavy atom. The largest absolute Gasteiger partial charge is 0.396 e. The van der Waals surface area contributed by atoms with Crippen LogP contribution in [-0.4, -0.2) is 42.6 Å². The highest BCUT2D eigenvalue weighted by atomic mass is 16.5. The number of pyridine rings is 1. The summed E-state index contributed by atoms with van der Waals surface area (Å²) in [5.41, 5.74) is 2.13. The molecule has 1 fully saturated rings. The molecule has 0 bridgehead atoms. The predicted molar refractivity (Wildman–Crippen MR) is 99.6 cm³/mol. The van der Waals surface area contributed by atoms with Crippen LogP contribution in [0.25, 0.3) is 10.9 Å². The lowest BCUT2D eigenvalue weighted by molar-refractivity contribution is -0.142. The average molecular weight is 343 g/mol. The summed E-state index contributed by atoms with van der Waals surface area (Å²) >= 11 is 0. The molecule has 1 aromatic heterocycles. The Kier molecular flexibility index (Phi) is 5.72. The Morgan fingerprint density at radius 3 is 2.76 bits per heavy atom. The quantitative estimate of drug-likeness (QED) is 0.870. The van der Waals surface area contributed by atoms with Gasteiger partial charge in [-0.1, -0.05) is 38.1 Å². The first-order valence-electron chi connectivity index (χ1n) is 9.15. The molecule has 0 amide bonds. The highest BCUT2D eigenvalue weighted by Crippen LogP contribution is 2.41. The number of hydrogen-bond donors (Lipinski definition) is 1. The number of aromatic nitrogens is 1. The van der Waals surface area contributed by atoms with Gasteiger partial charge in [-0.05, 0) is 30.4 Å². The molecule has 1 N–H and O–H groups in total. The van der Waals surface area contributed by atoms with Crippen molar-refractivity contribution in [2.75, 3.05) is 20.3 Å². The SMILES string of the molecule is CO[C@@H]1[C@@H](CO)[C@H](OCCc2ccc3ccccc3n2)CCC1(C)C. The molecule has 0 saturated heterocycles. The minimum absolute atomic E-state index is 0.0232. The topological polar surface area (TPSA) is 51.6 Å². The fourth-order valence-corrected chi connectivity index (χ4v) is 4.12. The molecular formula is C21H29NO3. The van der Waals surface area contributed by atoms with Crippen molar-refractivity contribution in [2.24, 2.45) is 11.3 Å². The molecule has 3 rings (SSSR count). The summed E-state index contributed by atoms with van der Waals surface area (Å²) in [7, 11) is 1.73. The van der Waals surface area contributed by atoms with Crippen molar-refractivity contribution in [1.29, 1.82) is 0 Å². The van der Waals surface area contributed by atoms with Gasteiger partial charge >= 0.3 is 0 Å². The van der Waals surface area contributed by atoms with Gasteiger partial charge in [-0.25, -0.2) is 0 Å². The zero-order valence-electron chi connectivity index (χ0n) is 15.4. The van der Waals surface area contributed by atoms with Crippen molar-refractivity contribution >= 4 is 10.9 Å². The number of fused-ring (bicyclic) bond motifs is 1. The van der Waals surface area contributed by atoms with Crippen molar-refractivity contribution in [2.45, 2.75) is 45.3 Å². The predicted octanol–water partition coefficient (Wildman–Crippen LogP) is 3.61. The monoisotopic (exact) mass is 343 g/mol. The minimum Gasteiger partial charge on any atom is -0.396 e. The van der Waals surface area contributed by atoms with Crippen molar-refractivity contribution < 1.29 is 14.6 Å². The fraction of sp³-hybridized carbons (Fsp3) is 0.571. The number of para-hydroxylation sites is 1. The van der Waals surface area contributed by atoms with E-state index >= 15 is 0 Å². The zero-order valence-corrected chi connectivity index (χ0v) is 15.4. The van der Waals surface area contributed by atoms with Crippen molar-refractivity contribution in [1.82, 2.24) is 4.98 Å². The number of benzene rings is 1. The second kappa shape index (κ2) is 7.81. The Bertz CT molecular complexity index is 700. The van der Waals surface area contributed by atoms with Gasteiger partial charge in [-0.15, -0.1) is 0 Å². The molecule has 0 unspecified atom stereocenters. The van der Waals surface area contributed by atoms with E-state index in [2.05, 4.69) is 32.0 Å². The highest BCUT2D eigenvalue weighted by molar-refractivity contribution is 5.78. The molecule has 1 aromatic carbocycles. The summed E-state index contributed by atoms with van der Waals surface area (Å²) in [6, 6.07) is 12.3. The minimum atomic E-state index is 0.0232. The first kappa shape index (κ1) is 18.3. The van der Waals surface area contributed by atoms with Crippen LogP contribution in [0.3, 0.4) is 0 Å². The molecule has 25 heavy (non-hydrogen) atoms. The van der Waals surface area contributed by atoms with Crippen LogP contribution in [0.1, 0.15) is 32.4 Å². The molecule has 0 spiro atoms. The lowest BCUT2D eigenvalue weighted by atomic mass is 9.68. The Hall–Kier alpha value is -1.49. The Morgan fingerprint density at radius 2 is 2.00 bits per heavy atom. The van der Waals surface area contributed by atoms with Gasteiger partial charge in [0.15, 0.2) is 0 Å². The van der Waals surface area contributed by atoms with Gasteiger partial charge in [-0.2, -0.15) is 0 Å². The molecule has 0 radical (unpaired) electrons. The van der Waals surface area contributed by atoms with Crippen molar-refractivity contribution in [3.8, 4) is 0 Å². The number of aliphatic hydroxyl groups is 1. The van der Waals surface area contributed by atoms with E-state index in [1.54, 1.807) is 7.11 Å². The van der Waals surface area contributed by atoms with Gasteiger partial charge in [0, 0.05) is 30.5 Å². The molecule has 1 aliphatic carbocycles. The second-order valence-electron chi connectivity index (χ2n) is 7.68. The van der Waals surface area contributed by atoms with Crippen LogP contribution in [0, 0.1) is 11.3 Å². The molecular weight excluding hydrogens is 314 g/mol. The van der Waals surface area contributed by atoms with Gasteiger partial charge in [0.05, 0.1) is 30.9 Å². The maximum Gasteiger partial charge on any atom is 0.0705 e. The van der Waals surface area contributed by atoms with Crippen molar-refractivity contribution in [3.05, 3.63) is 42.1 Å². The number of ether oxygens (including phenoxy) is 2. The molecule has 1 heterocycles. The molecule has 1 aliphatic rings. The van der Waals surface area contributed by atoms with E-state index in [9.17, 15) is 5.11 Å². The average Bonchev–Trinajstić information content (AvgIpc) is 2.62. The summed E-state index contributed by atoms with van der Waals surface area (Å²) in [5.74, 6) is 0.0262. The van der Waals surface area contributed by atoms with Crippen LogP contribution in [0.15, 0.2) is 36.4 Å². The van der Waals surface area contributed by atoms with Crippen LogP contribution >= 0.6 is 0 Å². The van der Waals surface area contributed by atoms with Crippen LogP contribution in [0.5, 0.6) is 0 Å². The van der Waals surface area contributed by atoms with Gasteiger partial charge < -0.3 is 14.6 Å². The molecule has 136 valence electrons. The number of aliphatic hydroxyl groups excluding tert-OH is 1. The molecule has 4 nitrogen and oxygen atoms in total. The maximum atomic E-state index is 9.86. The van der Waals surface area contributed by atoms with Gasteiger partial charge in [-0.3, -0.25) is 4.98 Å². The summed E-state index contributed by atoms with van der Waals surface area (Å²) < 4.78 is 11.8. The lowest BCUT2D eigenvalue weighted by Crippen LogP contribution is -2.50. The van der Waals surface area contributed by atoms with Crippen molar-refractivity contribution in [3.63, 3.8) is 0 Å². The molecule has 0 aliphatic heterocycles. The summed E-state index contributed by atoms with van der Waals surface area (Å²) in [4.78, 5) is 4.70. The van der Waals surface area contributed by atoms with Gasteiger partial charge in [0.2, 0.25) is 0 Å². The third kappa shape index (κ3) is 4.02. The molecule has 3 atom stereocenters. The molecule has 4 heteroatoms. The van der Waals surface area contributed by atoms with Gasteiger partial charge in [0.25, 0.3) is 0 Å². The molecule has 2 aromatic rings. The van der Waals surface area contributed by atoms with Crippen LogP contribution in [0.2, 0.25) is 0 Å². The standard InChI is InChI=1S/C21H29NO3/c1-21(2)12-10-19(17(14-23)20(21)24-3)25-13-11-16-9-8-15-6-4-5-7-18(15)22-16/h4-9,17,19-20,23H,10-14H2,1-3H3/t17-,19+,20+/m0/s1. The van der Waals surface area contributed by atoms with Crippen LogP contribution < -0.4 is 0 Å². The first-order chi connectivity index (χ1) is 12.0. The molecule has 1 saturated carbocycles. The number of hydrogen-bond acceptors (Lipinski definition) is 4. The second-order valence-corrected chi connectivity index (χ2v) is 7.68. The van der Waals surface area contributed by atoms with E-state index in [4.69, 9.17) is 14.5 Å². The third-order valence-corrected chi connectivity index (χ3v) is 5.52. The number of rotatable bonds is 6. The Balaban J connectivity index is 1.60. The summed E-state index contributed by atoms with van der Waals surface area (Å²) in [5, 5.41) is 11.0. The van der Waals surface area contributed by atoms with E-state index < -0.39 is 0 Å². The lowest BCUT2D eigenvalue weighted by Gasteiger charge is -2.46. The third-order valence-electron chi connectivity index (χ3n) is 5.52. The number of nitrogens with zero attached hydrogens (tertiary/aromatic N) is 1. The maximum absolute atomic E-state index is 9.86. The van der Waals surface area contributed by atoms with E-state index in [1.807, 2.05) is 18.2 Å². The van der Waals surface area contributed by atoms with E-state index in [0.717, 1.165) is 35.9 Å². The Labute approximate surface area is 150 Å².